The van der Waals surface area contributed by atoms with Gasteiger partial charge in [-0.1, -0.05) is 0 Å². The summed E-state index contributed by atoms with van der Waals surface area (Å²) in [6.45, 7) is 4.80. The average molecular weight is 451 g/mol. The van der Waals surface area contributed by atoms with E-state index in [-0.39, 0.29) is 0 Å². The summed E-state index contributed by atoms with van der Waals surface area (Å²) in [5.41, 5.74) is 7.71. The van der Waals surface area contributed by atoms with E-state index in [0.717, 1.165) is 10.1 Å². The Morgan fingerprint density at radius 2 is 1.82 bits per heavy atom. The van der Waals surface area contributed by atoms with Gasteiger partial charge in [0.1, 0.15) is 0 Å². The van der Waals surface area contributed by atoms with E-state index in [0.29, 0.717) is 5.92 Å². The third-order valence-electron chi connectivity index (χ3n) is 4.57. The van der Waals surface area contributed by atoms with E-state index in [4.69, 9.17) is 0 Å². The Balaban J connectivity index is 1.93. The fourth-order valence-corrected chi connectivity index (χ4v) is 8.25. The van der Waals surface area contributed by atoms with Crippen LogP contribution in [0, 0.1) is 0 Å². The second kappa shape index (κ2) is 5.77. The first-order chi connectivity index (χ1) is 10.8. The number of hydrogen-bond donors (Lipinski definition) is 0. The minimum absolute atomic E-state index is 0.503. The van der Waals surface area contributed by atoms with Crippen LogP contribution in [0.1, 0.15) is 37.3 Å². The Bertz CT molecular complexity index is 780. The Kier molecular flexibility index (Phi) is 3.78. The van der Waals surface area contributed by atoms with Gasteiger partial charge in [-0.2, -0.15) is 0 Å². The van der Waals surface area contributed by atoms with Crippen LogP contribution in [0.4, 0.5) is 0 Å². The molecule has 1 heteroatoms. The van der Waals surface area contributed by atoms with Gasteiger partial charge in [-0.05, 0) is 0 Å². The van der Waals surface area contributed by atoms with Crippen LogP contribution in [-0.4, -0.2) is 0 Å². The molecule has 0 saturated carbocycles. The molecule has 0 radical (unpaired) electrons. The van der Waals surface area contributed by atoms with Crippen molar-refractivity contribution in [3.63, 3.8) is 0 Å². The fraction of sp³-hybridized carbons (Fsp3) is 0.238. The number of hydrogen-bond acceptors (Lipinski definition) is 0. The molecule has 2 aliphatic rings. The van der Waals surface area contributed by atoms with Crippen LogP contribution in [0.25, 0.3) is 11.1 Å². The molecule has 0 amide bonds. The summed E-state index contributed by atoms with van der Waals surface area (Å²) in [6.07, 6.45) is 7.98. The number of allylic oxidation sites excluding steroid dienone is 4. The zero-order chi connectivity index (χ0) is 15.1. The van der Waals surface area contributed by atoms with Gasteiger partial charge < -0.3 is 0 Å². The predicted molar refractivity (Wildman–Crippen MR) is 90.3 cm³/mol. The van der Waals surface area contributed by atoms with Crippen molar-refractivity contribution in [2.45, 2.75) is 29.9 Å². The first-order valence-electron chi connectivity index (χ1n) is 8.10. The molecule has 0 fully saturated rings. The van der Waals surface area contributed by atoms with Crippen molar-refractivity contribution in [2.75, 3.05) is 0 Å². The molecule has 4 rings (SSSR count). The fourth-order valence-electron chi connectivity index (χ4n) is 3.76. The number of rotatable bonds is 3. The standard InChI is InChI=1S/C18H13.C3H7.Hf/c1-2-8-13(7-1)18-16-11-5-3-9-14(16)15-10-4-6-12-17(15)18;1-3-2;/h1-7,9-11,18H,8H2;3H,1-2H3;. The molecule has 22 heavy (non-hydrogen) atoms. The van der Waals surface area contributed by atoms with Crippen molar-refractivity contribution in [1.82, 2.24) is 0 Å². The molecule has 1 atom stereocenters. The van der Waals surface area contributed by atoms with Crippen molar-refractivity contribution < 1.29 is 22.9 Å². The maximum atomic E-state index is 2.42. The average Bonchev–Trinajstić information content (AvgIpc) is 3.12. The molecule has 0 bridgehead atoms. The second-order valence-electron chi connectivity index (χ2n) is 6.46. The summed E-state index contributed by atoms with van der Waals surface area (Å²) in [4.78, 5) is 0. The van der Waals surface area contributed by atoms with Crippen LogP contribution < -0.4 is 3.32 Å². The van der Waals surface area contributed by atoms with Gasteiger partial charge in [0.2, 0.25) is 0 Å². The van der Waals surface area contributed by atoms with Crippen molar-refractivity contribution in [3.8, 4) is 11.1 Å². The molecule has 0 heterocycles. The summed E-state index contributed by atoms with van der Waals surface area (Å²) in [5, 5.41) is 0. The van der Waals surface area contributed by atoms with Gasteiger partial charge in [-0.25, -0.2) is 0 Å². The summed E-state index contributed by atoms with van der Waals surface area (Å²) in [7, 11) is 0. The van der Waals surface area contributed by atoms with Crippen LogP contribution in [-0.2, 0) is 22.9 Å². The van der Waals surface area contributed by atoms with Crippen LogP contribution in [0.15, 0.2) is 66.3 Å². The molecular formula is C21H20Hf. The third-order valence-corrected chi connectivity index (χ3v) is 9.33. The second-order valence-corrected chi connectivity index (χ2v) is 13.6. The molecule has 108 valence electrons. The normalized spacial score (nSPS) is 18.3. The molecule has 2 aromatic carbocycles. The van der Waals surface area contributed by atoms with E-state index in [1.165, 1.54) is 16.7 Å². The summed E-state index contributed by atoms with van der Waals surface area (Å²) in [6, 6.07) is 16.1. The Morgan fingerprint density at radius 3 is 2.59 bits per heavy atom. The number of benzene rings is 2. The molecule has 1 unspecified atom stereocenters. The van der Waals surface area contributed by atoms with Gasteiger partial charge in [-0.3, -0.25) is 0 Å². The Morgan fingerprint density at radius 1 is 1.00 bits per heavy atom. The van der Waals surface area contributed by atoms with E-state index < -0.39 is 22.9 Å². The molecule has 0 nitrogen and oxygen atoms in total. The van der Waals surface area contributed by atoms with E-state index in [2.05, 4.69) is 74.5 Å². The quantitative estimate of drug-likeness (QED) is 0.562. The molecule has 2 aromatic rings. The Hall–Kier alpha value is -1.21. The molecular weight excluding hydrogens is 431 g/mol. The Labute approximate surface area is 144 Å². The van der Waals surface area contributed by atoms with Gasteiger partial charge in [0.05, 0.1) is 0 Å². The monoisotopic (exact) mass is 452 g/mol. The summed E-state index contributed by atoms with van der Waals surface area (Å²) >= 11 is -0.771. The van der Waals surface area contributed by atoms with E-state index >= 15 is 0 Å². The molecule has 2 aliphatic carbocycles. The van der Waals surface area contributed by atoms with E-state index in [1.807, 2.05) is 0 Å². The van der Waals surface area contributed by atoms with Crippen LogP contribution in [0.2, 0.25) is 3.67 Å². The van der Waals surface area contributed by atoms with Gasteiger partial charge in [-0.15, -0.1) is 0 Å². The summed E-state index contributed by atoms with van der Waals surface area (Å²) in [5.74, 6) is 0.503. The van der Waals surface area contributed by atoms with Crippen molar-refractivity contribution >= 4 is 3.32 Å². The van der Waals surface area contributed by atoms with Crippen molar-refractivity contribution in [2.24, 2.45) is 0 Å². The van der Waals surface area contributed by atoms with Gasteiger partial charge in [0.25, 0.3) is 0 Å². The maximum absolute atomic E-state index is 2.42. The SMILES string of the molecule is C[CH](C)[Hf][c]1cccc2c1C(C1=CC=CC1)c1ccccc1-2. The molecule has 0 N–H and O–H groups in total. The first-order valence-corrected chi connectivity index (χ1v) is 12.0. The zero-order valence-electron chi connectivity index (χ0n) is 13.1. The van der Waals surface area contributed by atoms with Crippen molar-refractivity contribution in [1.29, 1.82) is 0 Å². The first kappa shape index (κ1) is 14.4. The van der Waals surface area contributed by atoms with Crippen LogP contribution in [0.3, 0.4) is 0 Å². The summed E-state index contributed by atoms with van der Waals surface area (Å²) < 4.78 is 2.60. The minimum atomic E-state index is -0.771. The van der Waals surface area contributed by atoms with Crippen molar-refractivity contribution in [3.05, 3.63) is 77.4 Å². The molecule has 0 saturated heterocycles. The molecule has 0 aliphatic heterocycles. The molecule has 0 spiro atoms. The zero-order valence-corrected chi connectivity index (χ0v) is 16.7. The molecule has 0 aromatic heterocycles. The predicted octanol–water partition coefficient (Wildman–Crippen LogP) is 5.22. The van der Waals surface area contributed by atoms with Crippen LogP contribution in [0.5, 0.6) is 0 Å². The topological polar surface area (TPSA) is 0 Å². The third kappa shape index (κ3) is 2.31. The van der Waals surface area contributed by atoms with E-state index in [9.17, 15) is 0 Å². The van der Waals surface area contributed by atoms with Crippen LogP contribution >= 0.6 is 0 Å². The van der Waals surface area contributed by atoms with Gasteiger partial charge in [0, 0.05) is 0 Å². The van der Waals surface area contributed by atoms with Gasteiger partial charge in [0.15, 0.2) is 0 Å². The number of fused-ring (bicyclic) bond motifs is 3. The van der Waals surface area contributed by atoms with E-state index in [1.54, 1.807) is 14.5 Å². The van der Waals surface area contributed by atoms with Gasteiger partial charge >= 0.3 is 145 Å².